The summed E-state index contributed by atoms with van der Waals surface area (Å²) in [6.45, 7) is 2.51. The summed E-state index contributed by atoms with van der Waals surface area (Å²) >= 11 is 0. The zero-order valence-corrected chi connectivity index (χ0v) is 18.1. The van der Waals surface area contributed by atoms with Gasteiger partial charge in [0.05, 0.1) is 17.7 Å². The average Bonchev–Trinajstić information content (AvgIpc) is 2.83. The normalized spacial score (nSPS) is 12.6. The molecule has 0 saturated carbocycles. The molecule has 2 amide bonds. The first-order valence-electron chi connectivity index (χ1n) is 10.8. The molecule has 0 fully saturated rings. The molecule has 0 bridgehead atoms. The minimum atomic E-state index is -0.556. The van der Waals surface area contributed by atoms with Gasteiger partial charge in [-0.15, -0.1) is 0 Å². The fraction of sp³-hybridized carbons (Fsp3) is 0.192. The number of carbonyl (C=O) groups is 3. The Morgan fingerprint density at radius 1 is 1.00 bits per heavy atom. The largest absolute Gasteiger partial charge is 0.462 e. The van der Waals surface area contributed by atoms with E-state index in [2.05, 4.69) is 5.32 Å². The lowest BCUT2D eigenvalue weighted by atomic mass is 9.98. The van der Waals surface area contributed by atoms with E-state index >= 15 is 0 Å². The monoisotopic (exact) mass is 446 g/mol. The van der Waals surface area contributed by atoms with Crippen molar-refractivity contribution in [2.75, 3.05) is 23.4 Å². The second kappa shape index (κ2) is 9.65. The molecule has 1 N–H and O–H groups in total. The van der Waals surface area contributed by atoms with Crippen LogP contribution in [0.4, 0.5) is 15.8 Å². The third-order valence-electron chi connectivity index (χ3n) is 5.46. The van der Waals surface area contributed by atoms with Gasteiger partial charge < -0.3 is 15.0 Å². The highest BCUT2D eigenvalue weighted by Crippen LogP contribution is 2.30. The molecule has 0 saturated heterocycles. The van der Waals surface area contributed by atoms with Crippen LogP contribution in [-0.4, -0.2) is 30.9 Å². The number of hydrogen-bond acceptors (Lipinski definition) is 4. The minimum Gasteiger partial charge on any atom is -0.462 e. The van der Waals surface area contributed by atoms with E-state index in [-0.39, 0.29) is 11.5 Å². The number of nitrogens with one attached hydrogen (secondary N) is 1. The molecular formula is C26H23FN2O4. The predicted molar refractivity (Wildman–Crippen MR) is 123 cm³/mol. The van der Waals surface area contributed by atoms with Crippen LogP contribution in [0.5, 0.6) is 0 Å². The van der Waals surface area contributed by atoms with Gasteiger partial charge in [-0.05, 0) is 79.9 Å². The summed E-state index contributed by atoms with van der Waals surface area (Å²) < 4.78 is 19.1. The topological polar surface area (TPSA) is 75.7 Å². The molecular weight excluding hydrogens is 423 g/mol. The molecule has 1 heterocycles. The number of benzene rings is 3. The highest BCUT2D eigenvalue weighted by Gasteiger charge is 2.26. The van der Waals surface area contributed by atoms with Gasteiger partial charge in [-0.2, -0.15) is 0 Å². The predicted octanol–water partition coefficient (Wildman–Crippen LogP) is 4.85. The quantitative estimate of drug-likeness (QED) is 0.569. The van der Waals surface area contributed by atoms with Crippen molar-refractivity contribution in [2.24, 2.45) is 0 Å². The fourth-order valence-electron chi connectivity index (χ4n) is 3.84. The van der Waals surface area contributed by atoms with E-state index in [9.17, 15) is 18.8 Å². The van der Waals surface area contributed by atoms with E-state index in [0.717, 1.165) is 5.56 Å². The van der Waals surface area contributed by atoms with Gasteiger partial charge in [-0.25, -0.2) is 9.18 Å². The Hall–Kier alpha value is -4.00. The van der Waals surface area contributed by atoms with Gasteiger partial charge in [-0.1, -0.05) is 12.1 Å². The van der Waals surface area contributed by atoms with Crippen molar-refractivity contribution in [3.63, 3.8) is 0 Å². The molecule has 0 atom stereocenters. The first-order chi connectivity index (χ1) is 16.0. The molecule has 4 rings (SSSR count). The molecule has 0 spiro atoms. The molecule has 7 heteroatoms. The smallest absolute Gasteiger partial charge is 0.338 e. The minimum absolute atomic E-state index is 0.0263. The number of aryl methyl sites for hydroxylation is 1. The Bertz CT molecular complexity index is 1210. The maximum absolute atomic E-state index is 14.1. The Kier molecular flexibility index (Phi) is 6.49. The van der Waals surface area contributed by atoms with E-state index in [1.807, 2.05) is 0 Å². The Morgan fingerprint density at radius 3 is 2.45 bits per heavy atom. The Balaban J connectivity index is 1.51. The van der Waals surface area contributed by atoms with E-state index < -0.39 is 17.7 Å². The molecule has 0 radical (unpaired) electrons. The maximum Gasteiger partial charge on any atom is 0.338 e. The third-order valence-corrected chi connectivity index (χ3v) is 5.46. The first-order valence-corrected chi connectivity index (χ1v) is 10.8. The van der Waals surface area contributed by atoms with Gasteiger partial charge in [0.2, 0.25) is 0 Å². The van der Waals surface area contributed by atoms with Crippen LogP contribution in [0.1, 0.15) is 50.0 Å². The zero-order chi connectivity index (χ0) is 23.4. The van der Waals surface area contributed by atoms with Crippen molar-refractivity contribution in [3.05, 3.63) is 94.8 Å². The van der Waals surface area contributed by atoms with Gasteiger partial charge >= 0.3 is 5.97 Å². The zero-order valence-electron chi connectivity index (χ0n) is 18.1. The van der Waals surface area contributed by atoms with E-state index in [1.165, 1.54) is 12.1 Å². The van der Waals surface area contributed by atoms with Crippen LogP contribution in [0.25, 0.3) is 0 Å². The van der Waals surface area contributed by atoms with Crippen molar-refractivity contribution in [3.8, 4) is 0 Å². The molecule has 3 aromatic carbocycles. The number of hydrogen-bond donors (Lipinski definition) is 1. The van der Waals surface area contributed by atoms with Gasteiger partial charge in [-0.3, -0.25) is 9.59 Å². The second-order valence-corrected chi connectivity index (χ2v) is 7.64. The summed E-state index contributed by atoms with van der Waals surface area (Å²) in [4.78, 5) is 39.0. The van der Waals surface area contributed by atoms with Crippen molar-refractivity contribution in [2.45, 2.75) is 19.8 Å². The fourth-order valence-corrected chi connectivity index (χ4v) is 3.84. The Labute approximate surface area is 191 Å². The molecule has 168 valence electrons. The second-order valence-electron chi connectivity index (χ2n) is 7.64. The summed E-state index contributed by atoms with van der Waals surface area (Å²) in [5, 5.41) is 2.81. The summed E-state index contributed by atoms with van der Waals surface area (Å²) in [5.74, 6) is -1.67. The van der Waals surface area contributed by atoms with Gasteiger partial charge in [0, 0.05) is 23.5 Å². The highest BCUT2D eigenvalue weighted by molar-refractivity contribution is 6.08. The van der Waals surface area contributed by atoms with Crippen LogP contribution in [0.15, 0.2) is 66.7 Å². The lowest BCUT2D eigenvalue weighted by molar-refractivity contribution is 0.0526. The number of anilines is 2. The van der Waals surface area contributed by atoms with Crippen LogP contribution in [0.3, 0.4) is 0 Å². The molecule has 3 aromatic rings. The molecule has 1 aliphatic rings. The average molecular weight is 446 g/mol. The summed E-state index contributed by atoms with van der Waals surface area (Å²) in [5.41, 5.74) is 2.97. The van der Waals surface area contributed by atoms with Crippen molar-refractivity contribution in [1.29, 1.82) is 0 Å². The van der Waals surface area contributed by atoms with Crippen LogP contribution < -0.4 is 10.2 Å². The molecule has 1 aliphatic heterocycles. The number of carbonyl (C=O) groups excluding carboxylic acids is 3. The molecule has 0 unspecified atom stereocenters. The number of nitrogens with zero attached hydrogens (tertiary/aromatic N) is 1. The van der Waals surface area contributed by atoms with Crippen molar-refractivity contribution in [1.82, 2.24) is 0 Å². The number of halogens is 1. The van der Waals surface area contributed by atoms with Crippen LogP contribution >= 0.6 is 0 Å². The van der Waals surface area contributed by atoms with Crippen LogP contribution in [0, 0.1) is 5.82 Å². The standard InChI is InChI=1S/C26H23FN2O4/c1-2-33-26(32)17-9-12-20(13-10-17)28-24(30)19-11-14-23-18(16-19)6-5-15-29(23)25(31)21-7-3-4-8-22(21)27/h3-4,7-14,16H,2,5-6,15H2,1H3,(H,28,30). The van der Waals surface area contributed by atoms with E-state index in [0.29, 0.717) is 48.5 Å². The first kappa shape index (κ1) is 22.2. The summed E-state index contributed by atoms with van der Waals surface area (Å²) in [7, 11) is 0. The van der Waals surface area contributed by atoms with E-state index in [1.54, 1.807) is 66.4 Å². The third kappa shape index (κ3) is 4.77. The lowest BCUT2D eigenvalue weighted by Crippen LogP contribution is -2.36. The number of rotatable bonds is 5. The SMILES string of the molecule is CCOC(=O)c1ccc(NC(=O)c2ccc3c(c2)CCCN3C(=O)c2ccccc2F)cc1. The van der Waals surface area contributed by atoms with Gasteiger partial charge in [0.1, 0.15) is 5.82 Å². The van der Waals surface area contributed by atoms with Crippen molar-refractivity contribution < 1.29 is 23.5 Å². The number of amides is 2. The molecule has 6 nitrogen and oxygen atoms in total. The number of fused-ring (bicyclic) bond motifs is 1. The van der Waals surface area contributed by atoms with Gasteiger partial charge in [0.25, 0.3) is 11.8 Å². The highest BCUT2D eigenvalue weighted by atomic mass is 19.1. The van der Waals surface area contributed by atoms with Gasteiger partial charge in [0.15, 0.2) is 0 Å². The molecule has 0 aromatic heterocycles. The van der Waals surface area contributed by atoms with E-state index in [4.69, 9.17) is 4.74 Å². The summed E-state index contributed by atoms with van der Waals surface area (Å²) in [6, 6.07) is 17.5. The number of ether oxygens (including phenoxy) is 1. The molecule has 0 aliphatic carbocycles. The Morgan fingerprint density at radius 2 is 1.73 bits per heavy atom. The van der Waals surface area contributed by atoms with Crippen LogP contribution in [0.2, 0.25) is 0 Å². The summed E-state index contributed by atoms with van der Waals surface area (Å²) in [6.07, 6.45) is 1.43. The number of esters is 1. The van der Waals surface area contributed by atoms with Crippen molar-refractivity contribution >= 4 is 29.2 Å². The lowest BCUT2D eigenvalue weighted by Gasteiger charge is -2.30. The maximum atomic E-state index is 14.1. The molecule has 33 heavy (non-hydrogen) atoms. The van der Waals surface area contributed by atoms with Crippen LogP contribution in [-0.2, 0) is 11.2 Å².